The van der Waals surface area contributed by atoms with Crippen LogP contribution in [0.3, 0.4) is 0 Å². The number of rotatable bonds is 8. The molecule has 0 radical (unpaired) electrons. The largest absolute Gasteiger partial charge is 0.311 e. The average molecular weight is 800 g/mol. The van der Waals surface area contributed by atoms with Gasteiger partial charge in [0.25, 0.3) is 0 Å². The molecule has 0 saturated heterocycles. The molecule has 0 saturated carbocycles. The minimum Gasteiger partial charge on any atom is -0.311 e. The Morgan fingerprint density at radius 2 is 0.823 bits per heavy atom. The Labute approximate surface area is 376 Å². The molecule has 0 bridgehead atoms. The molecule has 0 fully saturated rings. The fourth-order valence-corrected chi connectivity index (χ4v) is 9.15. The number of benzene rings is 10. The van der Waals surface area contributed by atoms with Crippen LogP contribution in [-0.4, -0.2) is 0 Å². The third-order valence-electron chi connectivity index (χ3n) is 12.2. The van der Waals surface area contributed by atoms with E-state index in [2.05, 4.69) is 68.4 Å². The summed E-state index contributed by atoms with van der Waals surface area (Å²) in [5.74, 6) is 0. The number of hydrogen-bond acceptors (Lipinski definition) is 1. The average Bonchev–Trinajstić information content (AvgIpc) is 3.63. The number of nitrogens with zero attached hydrogens (tertiary/aromatic N) is 1. The Balaban J connectivity index is 1.08. The lowest BCUT2D eigenvalue weighted by atomic mass is 9.79. The second kappa shape index (κ2) is 15.4. The summed E-state index contributed by atoms with van der Waals surface area (Å²) in [6.45, 7) is 4.22. The summed E-state index contributed by atoms with van der Waals surface area (Å²) in [5.41, 5.74) is 10.7. The summed E-state index contributed by atoms with van der Waals surface area (Å²) < 4.78 is 77.1. The predicted octanol–water partition coefficient (Wildman–Crippen LogP) is 17.0. The van der Waals surface area contributed by atoms with Crippen LogP contribution in [0.5, 0.6) is 0 Å². The van der Waals surface area contributed by atoms with Crippen molar-refractivity contribution in [2.45, 2.75) is 19.3 Å². The molecular formula is C61H45N. The van der Waals surface area contributed by atoms with Crippen LogP contribution in [0.2, 0.25) is 0 Å². The zero-order valence-corrected chi connectivity index (χ0v) is 34.3. The number of anilines is 3. The first-order valence-electron chi connectivity index (χ1n) is 24.9. The summed E-state index contributed by atoms with van der Waals surface area (Å²) >= 11 is 0. The second-order valence-electron chi connectivity index (χ2n) is 16.3. The Bertz CT molecular complexity index is 3650. The standard InChI is InChI=1S/C61H45N/c1-61(2)59-24-9-8-20-57(59)58-23-12-22-56(60(58)61)48-33-39-53(40-34-48)62(51-35-29-45(30-36-51)44-27-25-43(26-28-44)42-13-4-3-5-14-42)52-37-31-46(32-38-52)49-17-10-18-50(41-49)55-21-11-16-47-15-6-7-19-54(47)55/h3-41H,1-2H3/i29D,30D,33D,34D,35D,36D,39D,40D. The van der Waals surface area contributed by atoms with E-state index in [1.807, 2.05) is 109 Å². The molecule has 1 nitrogen and oxygen atoms in total. The van der Waals surface area contributed by atoms with E-state index in [-0.39, 0.29) is 58.8 Å². The SMILES string of the molecule is [2H]c1c([2H])c(N(c2ccc(-c3cccc(-c4cccc5ccccc45)c3)cc2)c2c([2H])c([2H])c(-c3cccc4c3C(C)(C)c3ccccc3-4)c([2H])c2[2H])c([2H])c([2H])c1-c1ccc(-c2ccccc2)cc1. The second-order valence-corrected chi connectivity index (χ2v) is 16.3. The summed E-state index contributed by atoms with van der Waals surface area (Å²) in [4.78, 5) is 1.37. The fraction of sp³-hybridized carbons (Fsp3) is 0.0492. The first-order chi connectivity index (χ1) is 33.8. The molecule has 1 heteroatoms. The van der Waals surface area contributed by atoms with Gasteiger partial charge >= 0.3 is 0 Å². The van der Waals surface area contributed by atoms with Gasteiger partial charge in [0.1, 0.15) is 0 Å². The maximum atomic E-state index is 9.78. The molecule has 10 aromatic rings. The molecule has 10 aromatic carbocycles. The Hall–Kier alpha value is -7.74. The van der Waals surface area contributed by atoms with Crippen molar-refractivity contribution in [3.05, 3.63) is 248 Å². The highest BCUT2D eigenvalue weighted by Gasteiger charge is 2.37. The molecule has 0 heterocycles. The summed E-state index contributed by atoms with van der Waals surface area (Å²) in [7, 11) is 0. The maximum Gasteiger partial charge on any atom is 0.0645 e. The van der Waals surface area contributed by atoms with Gasteiger partial charge in [0, 0.05) is 22.5 Å². The zero-order valence-electron chi connectivity index (χ0n) is 42.3. The van der Waals surface area contributed by atoms with E-state index in [1.54, 1.807) is 24.3 Å². The smallest absolute Gasteiger partial charge is 0.0645 e. The first kappa shape index (κ1) is 29.5. The summed E-state index contributed by atoms with van der Waals surface area (Å²) in [6, 6.07) is 58.5. The van der Waals surface area contributed by atoms with E-state index in [4.69, 9.17) is 0 Å². The normalized spacial score (nSPS) is 14.3. The molecule has 11 rings (SSSR count). The lowest BCUT2D eigenvalue weighted by molar-refractivity contribution is 0.662. The van der Waals surface area contributed by atoms with Gasteiger partial charge in [0.05, 0.1) is 11.0 Å². The molecular weight excluding hydrogens is 747 g/mol. The summed E-state index contributed by atoms with van der Waals surface area (Å²) in [6.07, 6.45) is 0. The number of fused-ring (bicyclic) bond motifs is 4. The van der Waals surface area contributed by atoms with Crippen LogP contribution in [0.4, 0.5) is 17.1 Å². The first-order valence-corrected chi connectivity index (χ1v) is 20.9. The van der Waals surface area contributed by atoms with Crippen molar-refractivity contribution in [3.8, 4) is 66.8 Å². The van der Waals surface area contributed by atoms with Gasteiger partial charge in [-0.05, 0) is 131 Å². The number of hydrogen-bond donors (Lipinski definition) is 0. The van der Waals surface area contributed by atoms with Crippen molar-refractivity contribution >= 4 is 27.8 Å². The van der Waals surface area contributed by atoms with Gasteiger partial charge in [0.2, 0.25) is 0 Å². The van der Waals surface area contributed by atoms with E-state index >= 15 is 0 Å². The molecule has 0 amide bonds. The molecule has 294 valence electrons. The van der Waals surface area contributed by atoms with E-state index in [1.165, 1.54) is 4.90 Å². The van der Waals surface area contributed by atoms with Crippen molar-refractivity contribution in [1.82, 2.24) is 0 Å². The Morgan fingerprint density at radius 1 is 0.339 bits per heavy atom. The van der Waals surface area contributed by atoms with Gasteiger partial charge in [-0.25, -0.2) is 0 Å². The van der Waals surface area contributed by atoms with Gasteiger partial charge in [0.15, 0.2) is 0 Å². The lowest BCUT2D eigenvalue weighted by Gasteiger charge is -2.27. The minimum absolute atomic E-state index is 0.108. The fourth-order valence-electron chi connectivity index (χ4n) is 9.15. The molecule has 0 spiro atoms. The van der Waals surface area contributed by atoms with Gasteiger partial charge in [-0.1, -0.05) is 208 Å². The van der Waals surface area contributed by atoms with Gasteiger partial charge in [-0.15, -0.1) is 0 Å². The van der Waals surface area contributed by atoms with Crippen LogP contribution in [-0.2, 0) is 5.41 Å². The molecule has 1 aliphatic rings. The highest BCUT2D eigenvalue weighted by molar-refractivity contribution is 5.97. The third kappa shape index (κ3) is 6.60. The lowest BCUT2D eigenvalue weighted by Crippen LogP contribution is -2.16. The van der Waals surface area contributed by atoms with Crippen molar-refractivity contribution in [3.63, 3.8) is 0 Å². The molecule has 0 atom stereocenters. The molecule has 0 N–H and O–H groups in total. The van der Waals surface area contributed by atoms with Crippen molar-refractivity contribution in [2.75, 3.05) is 4.90 Å². The van der Waals surface area contributed by atoms with Gasteiger partial charge in [-0.3, -0.25) is 0 Å². The van der Waals surface area contributed by atoms with E-state index in [0.29, 0.717) is 16.8 Å². The van der Waals surface area contributed by atoms with E-state index in [9.17, 15) is 11.0 Å². The van der Waals surface area contributed by atoms with E-state index in [0.717, 1.165) is 66.4 Å². The third-order valence-corrected chi connectivity index (χ3v) is 12.2. The van der Waals surface area contributed by atoms with Crippen LogP contribution >= 0.6 is 0 Å². The van der Waals surface area contributed by atoms with Crippen LogP contribution in [0.1, 0.15) is 35.9 Å². The maximum absolute atomic E-state index is 9.78. The monoisotopic (exact) mass is 799 g/mol. The predicted molar refractivity (Wildman–Crippen MR) is 263 cm³/mol. The topological polar surface area (TPSA) is 3.24 Å². The van der Waals surface area contributed by atoms with Crippen LogP contribution in [0, 0.1) is 0 Å². The molecule has 0 unspecified atom stereocenters. The molecule has 0 aliphatic heterocycles. The van der Waals surface area contributed by atoms with Crippen molar-refractivity contribution < 1.29 is 11.0 Å². The van der Waals surface area contributed by atoms with Crippen molar-refractivity contribution in [1.29, 1.82) is 0 Å². The highest BCUT2D eigenvalue weighted by atomic mass is 15.1. The Morgan fingerprint density at radius 3 is 1.58 bits per heavy atom. The summed E-state index contributed by atoms with van der Waals surface area (Å²) in [5, 5.41) is 2.28. The zero-order chi connectivity index (χ0) is 48.6. The highest BCUT2D eigenvalue weighted by Crippen LogP contribution is 2.52. The quantitative estimate of drug-likeness (QED) is 0.148. The molecule has 1 aliphatic carbocycles. The van der Waals surface area contributed by atoms with Gasteiger partial charge < -0.3 is 4.90 Å². The van der Waals surface area contributed by atoms with Crippen molar-refractivity contribution in [2.24, 2.45) is 0 Å². The molecule has 0 aromatic heterocycles. The van der Waals surface area contributed by atoms with Crippen LogP contribution < -0.4 is 4.90 Å². The molecule has 62 heavy (non-hydrogen) atoms. The van der Waals surface area contributed by atoms with E-state index < -0.39 is 17.5 Å². The van der Waals surface area contributed by atoms with Gasteiger partial charge in [-0.2, -0.15) is 0 Å². The minimum atomic E-state index is -0.508. The van der Waals surface area contributed by atoms with Crippen LogP contribution in [0.15, 0.2) is 236 Å². The van der Waals surface area contributed by atoms with Crippen LogP contribution in [0.25, 0.3) is 77.5 Å². The Kier molecular flexibility index (Phi) is 7.31.